The molecule has 3 heteroatoms. The molecule has 2 nitrogen and oxygen atoms in total. The Labute approximate surface area is 149 Å². The van der Waals surface area contributed by atoms with E-state index in [1.807, 2.05) is 0 Å². The Hall–Kier alpha value is -1.21. The summed E-state index contributed by atoms with van der Waals surface area (Å²) in [5, 5.41) is 3.06. The zero-order chi connectivity index (χ0) is 17.7. The average molecular weight is 342 g/mol. The van der Waals surface area contributed by atoms with E-state index in [2.05, 4.69) is 100 Å². The van der Waals surface area contributed by atoms with E-state index in [1.165, 1.54) is 21.7 Å². The molecule has 0 aliphatic heterocycles. The molecule has 0 bridgehead atoms. The Morgan fingerprint density at radius 2 is 1.08 bits per heavy atom. The monoisotopic (exact) mass is 342 g/mol. The van der Waals surface area contributed by atoms with Gasteiger partial charge in [-0.05, 0) is 63.5 Å². The molecule has 0 unspecified atom stereocenters. The van der Waals surface area contributed by atoms with Crippen molar-refractivity contribution in [3.8, 4) is 0 Å². The van der Waals surface area contributed by atoms with Gasteiger partial charge in [-0.1, -0.05) is 62.4 Å². The molecular formula is C21H31N2P. The molecule has 0 aliphatic carbocycles. The summed E-state index contributed by atoms with van der Waals surface area (Å²) in [5.74, 6) is 0. The van der Waals surface area contributed by atoms with Gasteiger partial charge in [0.2, 0.25) is 0 Å². The Morgan fingerprint density at radius 1 is 0.708 bits per heavy atom. The van der Waals surface area contributed by atoms with E-state index < -0.39 is 0 Å². The molecule has 2 rings (SSSR count). The Balaban J connectivity index is 2.53. The van der Waals surface area contributed by atoms with Crippen molar-refractivity contribution >= 4 is 18.5 Å². The third kappa shape index (κ3) is 4.89. The average Bonchev–Trinajstić information content (AvgIpc) is 2.49. The van der Waals surface area contributed by atoms with E-state index >= 15 is 0 Å². The highest BCUT2D eigenvalue weighted by Gasteiger charge is 2.23. The maximum absolute atomic E-state index is 2.37. The molecule has 2 aromatic rings. The highest BCUT2D eigenvalue weighted by Crippen LogP contribution is 2.41. The van der Waals surface area contributed by atoms with Crippen LogP contribution in [0.25, 0.3) is 0 Å². The van der Waals surface area contributed by atoms with Gasteiger partial charge in [0, 0.05) is 13.1 Å². The zero-order valence-electron chi connectivity index (χ0n) is 16.0. The van der Waals surface area contributed by atoms with Gasteiger partial charge in [0.15, 0.2) is 0 Å². The van der Waals surface area contributed by atoms with Crippen LogP contribution >= 0.6 is 7.92 Å². The molecule has 0 aliphatic rings. The van der Waals surface area contributed by atoms with Gasteiger partial charge in [-0.15, -0.1) is 0 Å². The summed E-state index contributed by atoms with van der Waals surface area (Å²) in [6.45, 7) is 6.73. The van der Waals surface area contributed by atoms with Crippen molar-refractivity contribution in [1.29, 1.82) is 0 Å². The molecule has 0 spiro atoms. The third-order valence-electron chi connectivity index (χ3n) is 3.99. The van der Waals surface area contributed by atoms with E-state index in [0.717, 1.165) is 13.1 Å². The summed E-state index contributed by atoms with van der Waals surface area (Å²) in [4.78, 5) is 4.52. The standard InChI is InChI=1S/C21H31N2P/c1-17(2)24(20-13-9-7-11-18(20)15-22(3)4)21-14-10-8-12-19(21)16-23(5)6/h7-14,17H,15-16H2,1-6H3. The number of hydrogen-bond acceptors (Lipinski definition) is 2. The second-order valence-corrected chi connectivity index (χ2v) is 9.93. The van der Waals surface area contributed by atoms with Gasteiger partial charge in [0.05, 0.1) is 0 Å². The number of benzene rings is 2. The van der Waals surface area contributed by atoms with Gasteiger partial charge in [-0.3, -0.25) is 0 Å². The van der Waals surface area contributed by atoms with Gasteiger partial charge in [0.25, 0.3) is 0 Å². The minimum Gasteiger partial charge on any atom is -0.305 e. The van der Waals surface area contributed by atoms with E-state index in [1.54, 1.807) is 0 Å². The minimum atomic E-state index is -0.366. The van der Waals surface area contributed by atoms with Crippen LogP contribution in [0.1, 0.15) is 25.0 Å². The number of nitrogens with zero attached hydrogens (tertiary/aromatic N) is 2. The van der Waals surface area contributed by atoms with Crippen LogP contribution in [0.2, 0.25) is 0 Å². The van der Waals surface area contributed by atoms with Crippen molar-refractivity contribution in [3.63, 3.8) is 0 Å². The van der Waals surface area contributed by atoms with Crippen LogP contribution in [0.3, 0.4) is 0 Å². The van der Waals surface area contributed by atoms with E-state index in [0.29, 0.717) is 5.66 Å². The summed E-state index contributed by atoms with van der Waals surface area (Å²) in [7, 11) is 8.22. The van der Waals surface area contributed by atoms with E-state index in [4.69, 9.17) is 0 Å². The Morgan fingerprint density at radius 3 is 1.42 bits per heavy atom. The van der Waals surface area contributed by atoms with Gasteiger partial charge in [-0.2, -0.15) is 0 Å². The second-order valence-electron chi connectivity index (χ2n) is 7.20. The van der Waals surface area contributed by atoms with Crippen molar-refractivity contribution in [3.05, 3.63) is 59.7 Å². The Bertz CT molecular complexity index is 596. The van der Waals surface area contributed by atoms with Gasteiger partial charge < -0.3 is 9.80 Å². The fraction of sp³-hybridized carbons (Fsp3) is 0.429. The van der Waals surface area contributed by atoms with Crippen LogP contribution in [0.5, 0.6) is 0 Å². The summed E-state index contributed by atoms with van der Waals surface area (Å²) in [6, 6.07) is 18.0. The zero-order valence-corrected chi connectivity index (χ0v) is 16.8. The lowest BCUT2D eigenvalue weighted by Gasteiger charge is -2.28. The largest absolute Gasteiger partial charge is 0.305 e. The molecule has 0 aromatic heterocycles. The van der Waals surface area contributed by atoms with Crippen molar-refractivity contribution < 1.29 is 0 Å². The smallest absolute Gasteiger partial charge is 0.0234 e. The van der Waals surface area contributed by atoms with Gasteiger partial charge >= 0.3 is 0 Å². The predicted octanol–water partition coefficient (Wildman–Crippen LogP) is 3.65. The predicted molar refractivity (Wildman–Crippen MR) is 109 cm³/mol. The SMILES string of the molecule is CC(C)P(c1ccccc1CN(C)C)c1ccccc1CN(C)C. The highest BCUT2D eigenvalue weighted by molar-refractivity contribution is 7.73. The first kappa shape index (κ1) is 19.1. The van der Waals surface area contributed by atoms with Crippen molar-refractivity contribution in [1.82, 2.24) is 9.80 Å². The molecule has 0 saturated carbocycles. The summed E-state index contributed by atoms with van der Waals surface area (Å²) in [5.41, 5.74) is 3.54. The van der Waals surface area contributed by atoms with Crippen LogP contribution in [0, 0.1) is 0 Å². The molecule has 0 fully saturated rings. The van der Waals surface area contributed by atoms with Gasteiger partial charge in [0.1, 0.15) is 0 Å². The molecule has 0 atom stereocenters. The lowest BCUT2D eigenvalue weighted by atomic mass is 10.2. The maximum Gasteiger partial charge on any atom is 0.0234 e. The van der Waals surface area contributed by atoms with Crippen LogP contribution in [0.15, 0.2) is 48.5 Å². The lowest BCUT2D eigenvalue weighted by molar-refractivity contribution is 0.403. The normalized spacial score (nSPS) is 11.9. The number of hydrogen-bond donors (Lipinski definition) is 0. The van der Waals surface area contributed by atoms with Crippen molar-refractivity contribution in [2.24, 2.45) is 0 Å². The summed E-state index contributed by atoms with van der Waals surface area (Å²) in [6.07, 6.45) is 0. The molecule has 0 heterocycles. The molecule has 2 aromatic carbocycles. The molecular weight excluding hydrogens is 311 g/mol. The first-order valence-corrected chi connectivity index (χ1v) is 10.1. The number of rotatable bonds is 7. The fourth-order valence-corrected chi connectivity index (χ4v) is 5.90. The van der Waals surface area contributed by atoms with E-state index in [9.17, 15) is 0 Å². The third-order valence-corrected chi connectivity index (χ3v) is 6.94. The highest BCUT2D eigenvalue weighted by atomic mass is 31.1. The second kappa shape index (κ2) is 8.76. The van der Waals surface area contributed by atoms with Crippen LogP contribution in [0.4, 0.5) is 0 Å². The van der Waals surface area contributed by atoms with Crippen LogP contribution in [-0.4, -0.2) is 43.6 Å². The van der Waals surface area contributed by atoms with E-state index in [-0.39, 0.29) is 7.92 Å². The first-order chi connectivity index (χ1) is 11.4. The summed E-state index contributed by atoms with van der Waals surface area (Å²) < 4.78 is 0. The molecule has 130 valence electrons. The fourth-order valence-electron chi connectivity index (χ4n) is 3.13. The molecule has 0 saturated heterocycles. The molecule has 0 amide bonds. The molecule has 24 heavy (non-hydrogen) atoms. The van der Waals surface area contributed by atoms with Crippen LogP contribution in [-0.2, 0) is 13.1 Å². The molecule has 0 N–H and O–H groups in total. The molecule has 0 radical (unpaired) electrons. The van der Waals surface area contributed by atoms with Crippen molar-refractivity contribution in [2.45, 2.75) is 32.6 Å². The lowest BCUT2D eigenvalue weighted by Crippen LogP contribution is -2.27. The quantitative estimate of drug-likeness (QED) is 0.709. The first-order valence-electron chi connectivity index (χ1n) is 8.64. The topological polar surface area (TPSA) is 6.48 Å². The van der Waals surface area contributed by atoms with Crippen LogP contribution < -0.4 is 10.6 Å². The van der Waals surface area contributed by atoms with Crippen molar-refractivity contribution in [2.75, 3.05) is 28.2 Å². The minimum absolute atomic E-state index is 0.366. The maximum atomic E-state index is 2.37. The van der Waals surface area contributed by atoms with Gasteiger partial charge in [-0.25, -0.2) is 0 Å². The summed E-state index contributed by atoms with van der Waals surface area (Å²) >= 11 is 0. The Kier molecular flexibility index (Phi) is 6.98.